The van der Waals surface area contributed by atoms with Crippen molar-refractivity contribution in [3.63, 3.8) is 0 Å². The molecular weight excluding hydrogens is 314 g/mol. The molecule has 0 radical (unpaired) electrons. The van der Waals surface area contributed by atoms with Gasteiger partial charge in [0.15, 0.2) is 10.6 Å². The summed E-state index contributed by atoms with van der Waals surface area (Å²) >= 11 is 1.14. The molecule has 0 amide bonds. The van der Waals surface area contributed by atoms with E-state index in [1.165, 1.54) is 6.92 Å². The highest BCUT2D eigenvalue weighted by Gasteiger charge is 2.23. The molecule has 0 atom stereocenters. The Morgan fingerprint density at radius 3 is 2.48 bits per heavy atom. The number of nitrogens with zero attached hydrogens (tertiary/aromatic N) is 1. The summed E-state index contributed by atoms with van der Waals surface area (Å²) in [6, 6.07) is 12.3. The summed E-state index contributed by atoms with van der Waals surface area (Å²) in [4.78, 5) is 29.0. The van der Waals surface area contributed by atoms with Gasteiger partial charge in [0.25, 0.3) is 0 Å². The topological polar surface area (TPSA) is 65.5 Å². The Hall–Kier alpha value is -2.73. The molecule has 1 aromatic carbocycles. The third-order valence-corrected chi connectivity index (χ3v) is 4.09. The fourth-order valence-electron chi connectivity index (χ4n) is 2.07. The molecule has 0 unspecified atom stereocenters. The molecule has 116 valence electrons. The largest absolute Gasteiger partial charge is 0.424 e. The average molecular weight is 327 g/mol. The van der Waals surface area contributed by atoms with Crippen LogP contribution in [0.4, 0.5) is 0 Å². The molecule has 2 heterocycles. The van der Waals surface area contributed by atoms with Crippen molar-refractivity contribution in [2.45, 2.75) is 13.8 Å². The van der Waals surface area contributed by atoms with E-state index in [-0.39, 0.29) is 10.6 Å². The number of rotatable bonds is 3. The normalized spacial score (nSPS) is 10.5. The maximum atomic E-state index is 12.4. The summed E-state index contributed by atoms with van der Waals surface area (Å²) < 4.78 is 10.6. The Labute approximate surface area is 136 Å². The van der Waals surface area contributed by atoms with Gasteiger partial charge < -0.3 is 9.47 Å². The van der Waals surface area contributed by atoms with Crippen molar-refractivity contribution in [2.75, 3.05) is 0 Å². The Balaban J connectivity index is 2.04. The van der Waals surface area contributed by atoms with Crippen LogP contribution in [0.25, 0.3) is 10.2 Å². The molecule has 3 aromatic rings. The van der Waals surface area contributed by atoms with E-state index in [1.807, 2.05) is 13.0 Å². The van der Waals surface area contributed by atoms with E-state index in [0.717, 1.165) is 17.0 Å². The molecule has 0 N–H and O–H groups in total. The van der Waals surface area contributed by atoms with Gasteiger partial charge in [-0.2, -0.15) is 0 Å². The van der Waals surface area contributed by atoms with Crippen molar-refractivity contribution < 1.29 is 19.1 Å². The molecule has 5 nitrogen and oxygen atoms in total. The van der Waals surface area contributed by atoms with Gasteiger partial charge in [-0.1, -0.05) is 18.2 Å². The van der Waals surface area contributed by atoms with Gasteiger partial charge in [0.1, 0.15) is 10.6 Å². The number of pyridine rings is 1. The highest BCUT2D eigenvalue weighted by molar-refractivity contribution is 7.20. The van der Waals surface area contributed by atoms with Crippen LogP contribution in [0, 0.1) is 6.92 Å². The van der Waals surface area contributed by atoms with Crippen molar-refractivity contribution in [1.29, 1.82) is 0 Å². The van der Waals surface area contributed by atoms with Gasteiger partial charge in [-0.15, -0.1) is 11.3 Å². The van der Waals surface area contributed by atoms with Crippen molar-refractivity contribution in [3.8, 4) is 11.5 Å². The average Bonchev–Trinajstić information content (AvgIpc) is 2.85. The smallest absolute Gasteiger partial charge is 0.357 e. The first kappa shape index (κ1) is 15.2. The first-order valence-electron chi connectivity index (χ1n) is 6.90. The van der Waals surface area contributed by atoms with Crippen LogP contribution in [-0.4, -0.2) is 16.9 Å². The molecule has 0 aliphatic rings. The third-order valence-electron chi connectivity index (χ3n) is 3.03. The molecule has 0 aliphatic heterocycles. The molecule has 0 saturated heterocycles. The lowest BCUT2D eigenvalue weighted by Gasteiger charge is -2.05. The number of hydrogen-bond donors (Lipinski definition) is 0. The molecule has 23 heavy (non-hydrogen) atoms. The molecule has 2 aromatic heterocycles. The van der Waals surface area contributed by atoms with E-state index < -0.39 is 11.9 Å². The number of benzene rings is 1. The van der Waals surface area contributed by atoms with Crippen LogP contribution in [-0.2, 0) is 4.79 Å². The first-order valence-corrected chi connectivity index (χ1v) is 7.72. The minimum atomic E-state index is -0.576. The number of hydrogen-bond acceptors (Lipinski definition) is 6. The van der Waals surface area contributed by atoms with Crippen LogP contribution in [0.5, 0.6) is 11.5 Å². The van der Waals surface area contributed by atoms with Crippen molar-refractivity contribution in [2.24, 2.45) is 0 Å². The summed E-state index contributed by atoms with van der Waals surface area (Å²) in [6.07, 6.45) is 0. The van der Waals surface area contributed by atoms with Crippen LogP contribution in [0.2, 0.25) is 0 Å². The minimum absolute atomic E-state index is 0.200. The van der Waals surface area contributed by atoms with E-state index in [2.05, 4.69) is 4.98 Å². The molecule has 0 bridgehead atoms. The molecule has 0 fully saturated rings. The number of fused-ring (bicyclic) bond motifs is 1. The zero-order valence-electron chi connectivity index (χ0n) is 12.5. The highest BCUT2D eigenvalue weighted by atomic mass is 32.1. The van der Waals surface area contributed by atoms with Crippen LogP contribution >= 0.6 is 11.3 Å². The lowest BCUT2D eigenvalue weighted by molar-refractivity contribution is -0.131. The van der Waals surface area contributed by atoms with Crippen molar-refractivity contribution in [1.82, 2.24) is 4.98 Å². The van der Waals surface area contributed by atoms with E-state index >= 15 is 0 Å². The molecular formula is C17H13NO4S. The lowest BCUT2D eigenvalue weighted by atomic mass is 10.2. The number of carbonyl (C=O) groups is 2. The number of thiophene rings is 1. The van der Waals surface area contributed by atoms with E-state index in [4.69, 9.17) is 9.47 Å². The van der Waals surface area contributed by atoms with Crippen LogP contribution in [0.15, 0.2) is 42.5 Å². The predicted octanol–water partition coefficient (Wildman–Crippen LogP) is 3.75. The Morgan fingerprint density at radius 1 is 1.04 bits per heavy atom. The zero-order valence-corrected chi connectivity index (χ0v) is 13.3. The minimum Gasteiger partial charge on any atom is -0.424 e. The second-order valence-corrected chi connectivity index (χ2v) is 5.86. The lowest BCUT2D eigenvalue weighted by Crippen LogP contribution is -2.10. The summed E-state index contributed by atoms with van der Waals surface area (Å²) in [5, 5.41) is 0.621. The Kier molecular flexibility index (Phi) is 4.08. The molecule has 6 heteroatoms. The van der Waals surface area contributed by atoms with Crippen LogP contribution in [0.3, 0.4) is 0 Å². The number of carbonyl (C=O) groups excluding carboxylic acids is 2. The Morgan fingerprint density at radius 2 is 1.78 bits per heavy atom. The number of para-hydroxylation sites is 1. The fraction of sp³-hybridized carbons (Fsp3) is 0.118. The third kappa shape index (κ3) is 3.22. The standard InChI is InChI=1S/C17H13NO4S/c1-10-8-9-13-14(21-11(2)19)15(23-16(13)18-10)17(20)22-12-6-4-3-5-7-12/h3-9H,1-2H3. The summed E-state index contributed by atoms with van der Waals surface area (Å²) in [6.45, 7) is 3.14. The van der Waals surface area contributed by atoms with E-state index in [1.54, 1.807) is 36.4 Å². The number of ether oxygens (including phenoxy) is 2. The van der Waals surface area contributed by atoms with Gasteiger partial charge in [-0.25, -0.2) is 9.78 Å². The molecule has 0 aliphatic carbocycles. The summed E-state index contributed by atoms with van der Waals surface area (Å²) in [7, 11) is 0. The highest BCUT2D eigenvalue weighted by Crippen LogP contribution is 2.37. The van der Waals surface area contributed by atoms with Gasteiger partial charge in [-0.05, 0) is 31.2 Å². The fourth-order valence-corrected chi connectivity index (χ4v) is 3.09. The van der Waals surface area contributed by atoms with Crippen LogP contribution in [0.1, 0.15) is 22.3 Å². The number of aryl methyl sites for hydroxylation is 1. The second kappa shape index (κ2) is 6.18. The molecule has 0 saturated carbocycles. The molecule has 3 rings (SSSR count). The quantitative estimate of drug-likeness (QED) is 0.541. The van der Waals surface area contributed by atoms with Gasteiger partial charge in [-0.3, -0.25) is 4.79 Å². The first-order chi connectivity index (χ1) is 11.0. The van der Waals surface area contributed by atoms with Crippen LogP contribution < -0.4 is 9.47 Å². The Bertz CT molecular complexity index is 886. The number of aromatic nitrogens is 1. The second-order valence-electron chi connectivity index (χ2n) is 4.86. The van der Waals surface area contributed by atoms with Crippen molar-refractivity contribution >= 4 is 33.5 Å². The van der Waals surface area contributed by atoms with Gasteiger partial charge >= 0.3 is 11.9 Å². The van der Waals surface area contributed by atoms with Gasteiger partial charge in [0.05, 0.1) is 5.39 Å². The number of esters is 2. The monoisotopic (exact) mass is 327 g/mol. The van der Waals surface area contributed by atoms with Gasteiger partial charge in [0, 0.05) is 12.6 Å². The van der Waals surface area contributed by atoms with E-state index in [0.29, 0.717) is 16.0 Å². The SMILES string of the molecule is CC(=O)Oc1c(C(=O)Oc2ccccc2)sc2nc(C)ccc12. The van der Waals surface area contributed by atoms with Crippen molar-refractivity contribution in [3.05, 3.63) is 53.0 Å². The maximum Gasteiger partial charge on any atom is 0.357 e. The predicted molar refractivity (Wildman–Crippen MR) is 87.1 cm³/mol. The summed E-state index contributed by atoms with van der Waals surface area (Å²) in [5.41, 5.74) is 0.816. The maximum absolute atomic E-state index is 12.4. The summed E-state index contributed by atoms with van der Waals surface area (Å²) in [5.74, 6) is -0.453. The van der Waals surface area contributed by atoms with E-state index in [9.17, 15) is 9.59 Å². The van der Waals surface area contributed by atoms with Gasteiger partial charge in [0.2, 0.25) is 0 Å². The molecule has 0 spiro atoms. The zero-order chi connectivity index (χ0) is 16.4.